The monoisotopic (exact) mass is 412 g/mol. The smallest absolute Gasteiger partial charge is 0.159 e. The van der Waals surface area contributed by atoms with Crippen LogP contribution in [-0.2, 0) is 4.74 Å². The quantitative estimate of drug-likeness (QED) is 0.257. The van der Waals surface area contributed by atoms with Crippen molar-refractivity contribution in [3.63, 3.8) is 0 Å². The minimum Gasteiger partial charge on any atom is -0.491 e. The Kier molecular flexibility index (Phi) is 9.42. The molecule has 0 N–H and O–H groups in total. The van der Waals surface area contributed by atoms with Gasteiger partial charge in [0.25, 0.3) is 0 Å². The Morgan fingerprint density at radius 2 is 1.47 bits per heavy atom. The van der Waals surface area contributed by atoms with Gasteiger partial charge in [0.15, 0.2) is 11.6 Å². The van der Waals surface area contributed by atoms with Crippen LogP contribution in [0.25, 0.3) is 11.4 Å². The molecule has 1 saturated heterocycles. The number of aromatic nitrogens is 2. The summed E-state index contributed by atoms with van der Waals surface area (Å²) in [5, 5.41) is 0. The molecule has 0 radical (unpaired) electrons. The van der Waals surface area contributed by atoms with Crippen LogP contribution in [-0.4, -0.2) is 35.4 Å². The van der Waals surface area contributed by atoms with Gasteiger partial charge >= 0.3 is 0 Å². The third kappa shape index (κ3) is 7.60. The molecule has 0 saturated carbocycles. The van der Waals surface area contributed by atoms with Crippen LogP contribution in [0.15, 0.2) is 36.7 Å². The molecule has 5 nitrogen and oxygen atoms in total. The predicted octanol–water partition coefficient (Wildman–Crippen LogP) is 6.22. The van der Waals surface area contributed by atoms with E-state index in [4.69, 9.17) is 14.2 Å². The minimum atomic E-state index is 0.251. The van der Waals surface area contributed by atoms with Crippen LogP contribution in [0.2, 0.25) is 0 Å². The zero-order valence-electron chi connectivity index (χ0n) is 18.5. The maximum Gasteiger partial charge on any atom is 0.159 e. The third-order valence-electron chi connectivity index (χ3n) is 5.43. The van der Waals surface area contributed by atoms with Crippen molar-refractivity contribution in [3.05, 3.63) is 36.7 Å². The van der Waals surface area contributed by atoms with E-state index in [9.17, 15) is 0 Å². The van der Waals surface area contributed by atoms with E-state index in [1.807, 2.05) is 24.3 Å². The van der Waals surface area contributed by atoms with Crippen LogP contribution in [0.4, 0.5) is 0 Å². The van der Waals surface area contributed by atoms with Crippen molar-refractivity contribution in [3.8, 4) is 22.9 Å². The highest BCUT2D eigenvalue weighted by atomic mass is 16.6. The summed E-state index contributed by atoms with van der Waals surface area (Å²) in [5.41, 5.74) is 0.965. The van der Waals surface area contributed by atoms with E-state index < -0.39 is 0 Å². The third-order valence-corrected chi connectivity index (χ3v) is 5.43. The van der Waals surface area contributed by atoms with Crippen molar-refractivity contribution in [1.82, 2.24) is 9.97 Å². The van der Waals surface area contributed by atoms with Crippen molar-refractivity contribution in [1.29, 1.82) is 0 Å². The molecular weight excluding hydrogens is 376 g/mol. The van der Waals surface area contributed by atoms with E-state index in [2.05, 4.69) is 23.8 Å². The molecular formula is C25H36N2O3. The zero-order chi connectivity index (χ0) is 21.0. The molecule has 0 amide bonds. The van der Waals surface area contributed by atoms with Crippen molar-refractivity contribution in [2.75, 3.05) is 13.2 Å². The highest BCUT2D eigenvalue weighted by Gasteiger charge is 2.38. The second-order valence-electron chi connectivity index (χ2n) is 8.05. The lowest BCUT2D eigenvalue weighted by molar-refractivity contribution is 0.259. The van der Waals surface area contributed by atoms with Crippen LogP contribution in [0, 0.1) is 0 Å². The Balaban J connectivity index is 1.35. The molecule has 1 aliphatic heterocycles. The van der Waals surface area contributed by atoms with E-state index in [1.54, 1.807) is 12.4 Å². The molecule has 0 spiro atoms. The van der Waals surface area contributed by atoms with Gasteiger partial charge in [0.1, 0.15) is 18.5 Å². The average Bonchev–Trinajstić information content (AvgIpc) is 3.53. The molecule has 1 aliphatic rings. The van der Waals surface area contributed by atoms with E-state index in [1.165, 1.54) is 38.5 Å². The predicted molar refractivity (Wildman–Crippen MR) is 120 cm³/mol. The van der Waals surface area contributed by atoms with E-state index in [-0.39, 0.29) is 6.10 Å². The number of unbranched alkanes of at least 4 members (excludes halogenated alkanes) is 6. The maximum absolute atomic E-state index is 5.82. The fourth-order valence-corrected chi connectivity index (χ4v) is 3.53. The number of epoxide rings is 1. The fourth-order valence-electron chi connectivity index (χ4n) is 3.53. The van der Waals surface area contributed by atoms with E-state index >= 15 is 0 Å². The van der Waals surface area contributed by atoms with Crippen LogP contribution >= 0.6 is 0 Å². The average molecular weight is 413 g/mol. The summed E-state index contributed by atoms with van der Waals surface area (Å²) in [7, 11) is 0. The standard InChI is InChI=1S/C25H36N2O3/c1-3-5-6-7-8-9-10-16-28-22-17-26-25(27-18-22)20-12-14-21(15-13-20)29-19-24-23(30-24)11-4-2/h12-15,17-18,23-24H,3-11,16,19H2,1-2H3. The first-order chi connectivity index (χ1) is 14.8. The normalized spacial score (nSPS) is 17.7. The van der Waals surface area contributed by atoms with Crippen molar-refractivity contribution in [2.24, 2.45) is 0 Å². The first-order valence-electron chi connectivity index (χ1n) is 11.6. The van der Waals surface area contributed by atoms with Crippen LogP contribution in [0.3, 0.4) is 0 Å². The lowest BCUT2D eigenvalue weighted by atomic mass is 10.1. The number of hydrogen-bond acceptors (Lipinski definition) is 5. The largest absolute Gasteiger partial charge is 0.491 e. The summed E-state index contributed by atoms with van der Waals surface area (Å²) >= 11 is 0. The molecule has 164 valence electrons. The first-order valence-corrected chi connectivity index (χ1v) is 11.6. The van der Waals surface area contributed by atoms with Gasteiger partial charge in [-0.2, -0.15) is 0 Å². The summed E-state index contributed by atoms with van der Waals surface area (Å²) in [6.45, 7) is 5.77. The van der Waals surface area contributed by atoms with Gasteiger partial charge in [-0.25, -0.2) is 9.97 Å². The van der Waals surface area contributed by atoms with Crippen molar-refractivity contribution < 1.29 is 14.2 Å². The van der Waals surface area contributed by atoms with E-state index in [0.717, 1.165) is 42.9 Å². The summed E-state index contributed by atoms with van der Waals surface area (Å²) in [6.07, 6.45) is 15.4. The topological polar surface area (TPSA) is 56.8 Å². The molecule has 30 heavy (non-hydrogen) atoms. The first kappa shape index (κ1) is 22.5. The number of nitrogens with zero attached hydrogens (tertiary/aromatic N) is 2. The van der Waals surface area contributed by atoms with Crippen molar-refractivity contribution in [2.45, 2.75) is 83.8 Å². The fraction of sp³-hybridized carbons (Fsp3) is 0.600. The van der Waals surface area contributed by atoms with Crippen molar-refractivity contribution >= 4 is 0 Å². The summed E-state index contributed by atoms with van der Waals surface area (Å²) < 4.78 is 17.2. The number of benzene rings is 1. The Bertz CT molecular complexity index is 718. The van der Waals surface area contributed by atoms with Gasteiger partial charge in [-0.1, -0.05) is 58.8 Å². The number of ether oxygens (including phenoxy) is 3. The molecule has 1 fully saturated rings. The summed E-state index contributed by atoms with van der Waals surface area (Å²) in [6, 6.07) is 7.89. The SMILES string of the molecule is CCCCCCCCCOc1cnc(-c2ccc(OCC3OC3CCC)cc2)nc1. The van der Waals surface area contributed by atoms with Gasteiger partial charge in [0, 0.05) is 5.56 Å². The Morgan fingerprint density at radius 3 is 2.17 bits per heavy atom. The molecule has 2 aromatic rings. The van der Waals surface area contributed by atoms with Gasteiger partial charge < -0.3 is 14.2 Å². The van der Waals surface area contributed by atoms with Crippen LogP contribution < -0.4 is 9.47 Å². The highest BCUT2D eigenvalue weighted by molar-refractivity contribution is 5.56. The Morgan fingerprint density at radius 1 is 0.767 bits per heavy atom. The lowest BCUT2D eigenvalue weighted by Gasteiger charge is -2.07. The van der Waals surface area contributed by atoms with Crippen LogP contribution in [0.1, 0.15) is 71.6 Å². The Labute approximate surface area is 181 Å². The van der Waals surface area contributed by atoms with Gasteiger partial charge in [-0.15, -0.1) is 0 Å². The van der Waals surface area contributed by atoms with Gasteiger partial charge in [-0.05, 0) is 37.1 Å². The summed E-state index contributed by atoms with van der Waals surface area (Å²) in [4.78, 5) is 8.89. The molecule has 1 aromatic carbocycles. The summed E-state index contributed by atoms with van der Waals surface area (Å²) in [5.74, 6) is 2.27. The number of hydrogen-bond donors (Lipinski definition) is 0. The minimum absolute atomic E-state index is 0.251. The van der Waals surface area contributed by atoms with Crippen LogP contribution in [0.5, 0.6) is 11.5 Å². The van der Waals surface area contributed by atoms with Gasteiger partial charge in [0.2, 0.25) is 0 Å². The molecule has 2 atom stereocenters. The Hall–Kier alpha value is -2.14. The second kappa shape index (κ2) is 12.5. The van der Waals surface area contributed by atoms with E-state index in [0.29, 0.717) is 18.5 Å². The second-order valence-corrected chi connectivity index (χ2v) is 8.05. The molecule has 2 heterocycles. The zero-order valence-corrected chi connectivity index (χ0v) is 18.5. The molecule has 2 unspecified atom stereocenters. The molecule has 3 rings (SSSR count). The molecule has 0 bridgehead atoms. The lowest BCUT2D eigenvalue weighted by Crippen LogP contribution is -2.07. The molecule has 0 aliphatic carbocycles. The highest BCUT2D eigenvalue weighted by Crippen LogP contribution is 2.28. The molecule has 5 heteroatoms. The van der Waals surface area contributed by atoms with Gasteiger partial charge in [-0.3, -0.25) is 0 Å². The van der Waals surface area contributed by atoms with Gasteiger partial charge in [0.05, 0.1) is 25.1 Å². The molecule has 1 aromatic heterocycles. The maximum atomic E-state index is 5.82. The number of rotatable bonds is 15.